The van der Waals surface area contributed by atoms with E-state index < -0.39 is 0 Å². The fourth-order valence-corrected chi connectivity index (χ4v) is 2.72. The highest BCUT2D eigenvalue weighted by atomic mass is 16.2. The summed E-state index contributed by atoms with van der Waals surface area (Å²) in [6, 6.07) is 1.88. The Kier molecular flexibility index (Phi) is 3.92. The quantitative estimate of drug-likeness (QED) is 0.867. The number of aromatic nitrogens is 3. The van der Waals surface area contributed by atoms with Crippen molar-refractivity contribution < 1.29 is 4.79 Å². The molecule has 3 rings (SSSR count). The first-order chi connectivity index (χ1) is 10.6. The van der Waals surface area contributed by atoms with Gasteiger partial charge in [-0.15, -0.1) is 0 Å². The maximum absolute atomic E-state index is 12.7. The molecule has 1 aliphatic heterocycles. The molecule has 0 bridgehead atoms. The summed E-state index contributed by atoms with van der Waals surface area (Å²) >= 11 is 0. The molecule has 0 aromatic carbocycles. The fourth-order valence-electron chi connectivity index (χ4n) is 2.72. The molecule has 0 N–H and O–H groups in total. The number of carbonyl (C=O) groups is 1. The van der Waals surface area contributed by atoms with Crippen LogP contribution in [0.2, 0.25) is 0 Å². The third-order valence-electron chi connectivity index (χ3n) is 4.13. The first-order valence-electron chi connectivity index (χ1n) is 7.75. The van der Waals surface area contributed by atoms with Gasteiger partial charge in [0.1, 0.15) is 11.6 Å². The second-order valence-electron chi connectivity index (χ2n) is 5.70. The van der Waals surface area contributed by atoms with Crippen molar-refractivity contribution in [3.8, 4) is 0 Å². The Morgan fingerprint density at radius 1 is 1.32 bits per heavy atom. The molecule has 6 nitrogen and oxygen atoms in total. The summed E-state index contributed by atoms with van der Waals surface area (Å²) in [5, 5.41) is 0.807. The van der Waals surface area contributed by atoms with Crippen LogP contribution in [0.25, 0.3) is 11.0 Å². The standard InChI is InChI=1S/C16H21N5O/c1-4-20(3)16(22)13-9-12-10-17-11(2)18-14(12)19-15(13)21-7-5-6-8-21/h9-10H,4-8H2,1-3H3. The number of amides is 1. The minimum absolute atomic E-state index is 0.000579. The van der Waals surface area contributed by atoms with Crippen LogP contribution in [0.5, 0.6) is 0 Å². The summed E-state index contributed by atoms with van der Waals surface area (Å²) in [4.78, 5) is 29.9. The first-order valence-corrected chi connectivity index (χ1v) is 7.75. The summed E-state index contributed by atoms with van der Waals surface area (Å²) < 4.78 is 0. The van der Waals surface area contributed by atoms with E-state index in [4.69, 9.17) is 0 Å². The molecule has 116 valence electrons. The number of carbonyl (C=O) groups excluding carboxylic acids is 1. The molecule has 0 aliphatic carbocycles. The van der Waals surface area contributed by atoms with Gasteiger partial charge in [0, 0.05) is 38.3 Å². The van der Waals surface area contributed by atoms with E-state index >= 15 is 0 Å². The maximum atomic E-state index is 12.7. The predicted molar refractivity (Wildman–Crippen MR) is 86.2 cm³/mol. The molecule has 1 fully saturated rings. The lowest BCUT2D eigenvalue weighted by Gasteiger charge is -2.22. The Morgan fingerprint density at radius 2 is 2.05 bits per heavy atom. The fraction of sp³-hybridized carbons (Fsp3) is 0.500. The Balaban J connectivity index is 2.16. The normalized spacial score (nSPS) is 14.6. The lowest BCUT2D eigenvalue weighted by Crippen LogP contribution is -2.30. The molecule has 0 atom stereocenters. The van der Waals surface area contributed by atoms with Gasteiger partial charge in [0.15, 0.2) is 5.65 Å². The summed E-state index contributed by atoms with van der Waals surface area (Å²) in [6.07, 6.45) is 4.01. The molecule has 22 heavy (non-hydrogen) atoms. The van der Waals surface area contributed by atoms with E-state index in [1.54, 1.807) is 11.1 Å². The van der Waals surface area contributed by atoms with Gasteiger partial charge in [0.25, 0.3) is 5.91 Å². The summed E-state index contributed by atoms with van der Waals surface area (Å²) in [6.45, 7) is 6.37. The molecule has 0 spiro atoms. The monoisotopic (exact) mass is 299 g/mol. The lowest BCUT2D eigenvalue weighted by atomic mass is 10.1. The molecule has 0 saturated carbocycles. The van der Waals surface area contributed by atoms with Crippen LogP contribution in [-0.2, 0) is 0 Å². The Morgan fingerprint density at radius 3 is 2.73 bits per heavy atom. The number of hydrogen-bond donors (Lipinski definition) is 0. The summed E-state index contributed by atoms with van der Waals surface area (Å²) in [5.74, 6) is 1.45. The van der Waals surface area contributed by atoms with Crippen molar-refractivity contribution in [2.24, 2.45) is 0 Å². The number of anilines is 1. The minimum Gasteiger partial charge on any atom is -0.356 e. The molecule has 1 amide bonds. The van der Waals surface area contributed by atoms with E-state index in [0.717, 1.165) is 37.1 Å². The van der Waals surface area contributed by atoms with Crippen molar-refractivity contribution >= 4 is 22.8 Å². The molecular weight excluding hydrogens is 278 g/mol. The van der Waals surface area contributed by atoms with Crippen molar-refractivity contribution in [3.63, 3.8) is 0 Å². The third-order valence-corrected chi connectivity index (χ3v) is 4.13. The summed E-state index contributed by atoms with van der Waals surface area (Å²) in [5.41, 5.74) is 1.30. The zero-order valence-corrected chi connectivity index (χ0v) is 13.3. The van der Waals surface area contributed by atoms with Crippen LogP contribution in [0.15, 0.2) is 12.3 Å². The lowest BCUT2D eigenvalue weighted by molar-refractivity contribution is 0.0803. The number of hydrogen-bond acceptors (Lipinski definition) is 5. The van der Waals surface area contributed by atoms with Crippen LogP contribution in [0.3, 0.4) is 0 Å². The van der Waals surface area contributed by atoms with Gasteiger partial charge in [-0.1, -0.05) is 0 Å². The van der Waals surface area contributed by atoms with Crippen LogP contribution in [0, 0.1) is 6.92 Å². The zero-order chi connectivity index (χ0) is 15.7. The highest BCUT2D eigenvalue weighted by Gasteiger charge is 2.24. The van der Waals surface area contributed by atoms with Gasteiger partial charge in [-0.05, 0) is 32.8 Å². The zero-order valence-electron chi connectivity index (χ0n) is 13.3. The van der Waals surface area contributed by atoms with Crippen LogP contribution in [-0.4, -0.2) is 52.4 Å². The molecule has 3 heterocycles. The topological polar surface area (TPSA) is 62.2 Å². The molecule has 2 aromatic rings. The van der Waals surface area contributed by atoms with Gasteiger partial charge in [-0.25, -0.2) is 15.0 Å². The molecule has 6 heteroatoms. The molecular formula is C16H21N5O. The first kappa shape index (κ1) is 14.7. The van der Waals surface area contributed by atoms with Crippen molar-refractivity contribution in [2.75, 3.05) is 31.6 Å². The van der Waals surface area contributed by atoms with Gasteiger partial charge in [0.2, 0.25) is 0 Å². The third kappa shape index (κ3) is 2.61. The molecule has 0 radical (unpaired) electrons. The Hall–Kier alpha value is -2.24. The van der Waals surface area contributed by atoms with Crippen molar-refractivity contribution in [1.29, 1.82) is 0 Å². The Labute approximate surface area is 130 Å². The van der Waals surface area contributed by atoms with Gasteiger partial charge in [-0.2, -0.15) is 0 Å². The van der Waals surface area contributed by atoms with Crippen molar-refractivity contribution in [2.45, 2.75) is 26.7 Å². The predicted octanol–water partition coefficient (Wildman–Crippen LogP) is 2.03. The van der Waals surface area contributed by atoms with Gasteiger partial charge in [-0.3, -0.25) is 4.79 Å². The second-order valence-corrected chi connectivity index (χ2v) is 5.70. The highest BCUT2D eigenvalue weighted by molar-refractivity contribution is 6.01. The van der Waals surface area contributed by atoms with E-state index in [0.29, 0.717) is 23.6 Å². The van der Waals surface area contributed by atoms with E-state index in [9.17, 15) is 4.79 Å². The molecule has 2 aromatic heterocycles. The highest BCUT2D eigenvalue weighted by Crippen LogP contribution is 2.26. The number of fused-ring (bicyclic) bond motifs is 1. The number of nitrogens with zero attached hydrogens (tertiary/aromatic N) is 5. The molecule has 0 unspecified atom stereocenters. The number of pyridine rings is 1. The van der Waals surface area contributed by atoms with Gasteiger partial charge in [0.05, 0.1) is 5.56 Å². The SMILES string of the molecule is CCN(C)C(=O)c1cc2cnc(C)nc2nc1N1CCCC1. The number of rotatable bonds is 3. The maximum Gasteiger partial charge on any atom is 0.257 e. The van der Waals surface area contributed by atoms with Crippen LogP contribution < -0.4 is 4.90 Å². The average molecular weight is 299 g/mol. The average Bonchev–Trinajstić information content (AvgIpc) is 3.06. The van der Waals surface area contributed by atoms with Crippen LogP contribution in [0.1, 0.15) is 35.9 Å². The summed E-state index contributed by atoms with van der Waals surface area (Å²) in [7, 11) is 1.81. The van der Waals surface area contributed by atoms with Crippen LogP contribution >= 0.6 is 0 Å². The molecule has 1 aliphatic rings. The van der Waals surface area contributed by atoms with E-state index in [2.05, 4.69) is 19.9 Å². The van der Waals surface area contributed by atoms with Crippen molar-refractivity contribution in [1.82, 2.24) is 19.9 Å². The number of aryl methyl sites for hydroxylation is 1. The van der Waals surface area contributed by atoms with E-state index in [-0.39, 0.29) is 5.91 Å². The molecule has 1 saturated heterocycles. The van der Waals surface area contributed by atoms with Gasteiger partial charge < -0.3 is 9.80 Å². The smallest absolute Gasteiger partial charge is 0.257 e. The van der Waals surface area contributed by atoms with Crippen LogP contribution in [0.4, 0.5) is 5.82 Å². The largest absolute Gasteiger partial charge is 0.356 e. The minimum atomic E-state index is -0.000579. The van der Waals surface area contributed by atoms with Crippen molar-refractivity contribution in [3.05, 3.63) is 23.7 Å². The second kappa shape index (κ2) is 5.87. The Bertz CT molecular complexity index is 709. The van der Waals surface area contributed by atoms with Gasteiger partial charge >= 0.3 is 0 Å². The van der Waals surface area contributed by atoms with E-state index in [1.807, 2.05) is 27.0 Å². The van der Waals surface area contributed by atoms with E-state index in [1.165, 1.54) is 0 Å².